The summed E-state index contributed by atoms with van der Waals surface area (Å²) >= 11 is 0. The van der Waals surface area contributed by atoms with Crippen molar-refractivity contribution in [3.63, 3.8) is 0 Å². The summed E-state index contributed by atoms with van der Waals surface area (Å²) in [4.78, 5) is 0. The molecule has 1 radical (unpaired) electrons. The largest absolute Gasteiger partial charge is 2.00 e. The zero-order valence-corrected chi connectivity index (χ0v) is 31.6. The van der Waals surface area contributed by atoms with E-state index < -0.39 is 0 Å². The van der Waals surface area contributed by atoms with E-state index in [1.165, 1.54) is 29.2 Å². The standard InChI is InChI=1S/C34H57N6.C4H5.Mn/c1-13-22(7)28-19-31(25(10)16-4)38(35-28)34(39-32(26(11)17-5)20-29(36-39)23(8)14-2)40-33(27(12)18-6)21-30(37-40)24(9)15-3;1-3-4-2;/h19-27H,13-18H2,1-12H3;1,3-4H,2H2;/q2*-1;+2. The molecular weight excluding hydrogens is 595 g/mol. The molecule has 251 valence electrons. The van der Waals surface area contributed by atoms with Gasteiger partial charge in [0.1, 0.15) is 0 Å². The van der Waals surface area contributed by atoms with Crippen molar-refractivity contribution in [3.8, 4) is 0 Å². The molecule has 0 amide bonds. The Morgan fingerprint density at radius 3 is 0.978 bits per heavy atom. The van der Waals surface area contributed by atoms with Gasteiger partial charge in [-0.15, -0.1) is 0 Å². The Morgan fingerprint density at radius 1 is 0.578 bits per heavy atom. The molecule has 0 saturated heterocycles. The fraction of sp³-hybridized carbons (Fsp3) is 0.632. The van der Waals surface area contributed by atoms with Crippen LogP contribution in [-0.4, -0.2) is 29.3 Å². The van der Waals surface area contributed by atoms with E-state index in [2.05, 4.69) is 122 Å². The van der Waals surface area contributed by atoms with Crippen LogP contribution in [0.15, 0.2) is 36.9 Å². The maximum atomic E-state index is 5.36. The molecule has 0 aliphatic rings. The third-order valence-electron chi connectivity index (χ3n) is 9.68. The summed E-state index contributed by atoms with van der Waals surface area (Å²) in [5, 5.41) is 16.1. The minimum absolute atomic E-state index is 0. The first-order chi connectivity index (χ1) is 21.0. The second kappa shape index (κ2) is 19.2. The van der Waals surface area contributed by atoms with Gasteiger partial charge in [-0.3, -0.25) is 20.6 Å². The van der Waals surface area contributed by atoms with Gasteiger partial charge in [0.05, 0.1) is 17.1 Å². The Balaban J connectivity index is 0.00000191. The van der Waals surface area contributed by atoms with E-state index >= 15 is 0 Å². The van der Waals surface area contributed by atoms with Crippen molar-refractivity contribution in [1.29, 1.82) is 0 Å². The first-order valence-electron chi connectivity index (χ1n) is 17.3. The summed E-state index contributed by atoms with van der Waals surface area (Å²) in [6.45, 7) is 35.4. The molecule has 3 rings (SSSR count). The molecule has 3 aromatic rings. The van der Waals surface area contributed by atoms with Crippen LogP contribution in [0.4, 0.5) is 0 Å². The number of hydrogen-bond donors (Lipinski definition) is 0. The number of nitrogens with zero attached hydrogens (tertiary/aromatic N) is 6. The first kappa shape index (κ1) is 40.5. The Kier molecular flexibility index (Phi) is 17.3. The first-order valence-corrected chi connectivity index (χ1v) is 17.3. The van der Waals surface area contributed by atoms with Crippen molar-refractivity contribution in [1.82, 2.24) is 29.3 Å². The molecule has 45 heavy (non-hydrogen) atoms. The Labute approximate surface area is 286 Å². The van der Waals surface area contributed by atoms with Gasteiger partial charge in [-0.05, 0) is 71.9 Å². The molecule has 0 aliphatic carbocycles. The molecule has 7 heteroatoms. The summed E-state index contributed by atoms with van der Waals surface area (Å²) in [5.74, 6) is 2.22. The number of aromatic nitrogens is 6. The molecule has 0 N–H and O–H groups in total. The average molecular weight is 658 g/mol. The van der Waals surface area contributed by atoms with Gasteiger partial charge in [-0.2, -0.15) is 21.9 Å². The van der Waals surface area contributed by atoms with Crippen LogP contribution in [-0.2, 0) is 17.1 Å². The fourth-order valence-electron chi connectivity index (χ4n) is 5.02. The molecule has 0 bridgehead atoms. The minimum Gasteiger partial charge on any atom is -0.293 e. The molecule has 0 aromatic carbocycles. The Bertz CT molecular complexity index is 1150. The number of hydrogen-bond acceptors (Lipinski definition) is 3. The van der Waals surface area contributed by atoms with Crippen molar-refractivity contribution in [2.75, 3.05) is 0 Å². The van der Waals surface area contributed by atoms with Crippen LogP contribution in [0.5, 0.6) is 0 Å². The van der Waals surface area contributed by atoms with Crippen LogP contribution >= 0.6 is 0 Å². The average Bonchev–Trinajstić information content (AvgIpc) is 3.81. The maximum absolute atomic E-state index is 5.36. The SMILES string of the molecule is CCC(C)c1cc(C(C)CC)n([C-](n2nc(C(C)CC)cc2C(C)CC)n2nc(C(C)CC)cc2C(C)CC)n1.[CH-]=CC=C.[Mn+2]. The van der Waals surface area contributed by atoms with E-state index in [-0.39, 0.29) is 17.1 Å². The predicted octanol–water partition coefficient (Wildman–Crippen LogP) is 10.9. The van der Waals surface area contributed by atoms with Crippen molar-refractivity contribution in [2.45, 2.75) is 157 Å². The van der Waals surface area contributed by atoms with E-state index in [1.807, 2.05) is 0 Å². The molecule has 0 aliphatic heterocycles. The Hall–Kier alpha value is -2.50. The van der Waals surface area contributed by atoms with Crippen molar-refractivity contribution in [2.24, 2.45) is 0 Å². The summed E-state index contributed by atoms with van der Waals surface area (Å²) in [7, 11) is 0. The maximum Gasteiger partial charge on any atom is 2.00 e. The fourth-order valence-corrected chi connectivity index (χ4v) is 5.02. The minimum atomic E-state index is 0. The number of allylic oxidation sites excluding steroid dienone is 2. The smallest absolute Gasteiger partial charge is 0.293 e. The van der Waals surface area contributed by atoms with Crippen LogP contribution < -0.4 is 0 Å². The molecule has 0 spiro atoms. The van der Waals surface area contributed by atoms with Gasteiger partial charge >= 0.3 is 17.1 Å². The molecular formula is C38H62MnN6. The molecule has 3 heterocycles. The van der Waals surface area contributed by atoms with Gasteiger partial charge in [-0.1, -0.05) is 121 Å². The van der Waals surface area contributed by atoms with Gasteiger partial charge in [0.25, 0.3) is 0 Å². The zero-order chi connectivity index (χ0) is 33.1. The van der Waals surface area contributed by atoms with Crippen LogP contribution in [0.3, 0.4) is 0 Å². The summed E-state index contributed by atoms with van der Waals surface area (Å²) in [6, 6.07) is 7.02. The predicted molar refractivity (Wildman–Crippen MR) is 187 cm³/mol. The van der Waals surface area contributed by atoms with Crippen molar-refractivity contribution in [3.05, 3.63) is 84.0 Å². The quantitative estimate of drug-likeness (QED) is 0.0875. The van der Waals surface area contributed by atoms with E-state index in [1.54, 1.807) is 0 Å². The second-order valence-corrected chi connectivity index (χ2v) is 12.8. The van der Waals surface area contributed by atoms with Crippen LogP contribution in [0.2, 0.25) is 0 Å². The van der Waals surface area contributed by atoms with Gasteiger partial charge in [0.15, 0.2) is 6.29 Å². The van der Waals surface area contributed by atoms with Gasteiger partial charge < -0.3 is 0 Å². The summed E-state index contributed by atoms with van der Waals surface area (Å²) < 4.78 is 6.61. The van der Waals surface area contributed by atoms with E-state index in [0.717, 1.165) is 61.9 Å². The third kappa shape index (κ3) is 9.51. The Morgan fingerprint density at radius 2 is 0.800 bits per heavy atom. The zero-order valence-electron chi connectivity index (χ0n) is 30.4. The second-order valence-electron chi connectivity index (χ2n) is 12.8. The summed E-state index contributed by atoms with van der Waals surface area (Å²) in [5.41, 5.74) is 7.15. The molecule has 0 saturated carbocycles. The monoisotopic (exact) mass is 657 g/mol. The van der Waals surface area contributed by atoms with E-state index in [9.17, 15) is 0 Å². The van der Waals surface area contributed by atoms with Gasteiger partial charge in [0, 0.05) is 0 Å². The third-order valence-corrected chi connectivity index (χ3v) is 9.68. The molecule has 6 unspecified atom stereocenters. The van der Waals surface area contributed by atoms with Gasteiger partial charge in [-0.25, -0.2) is 12.2 Å². The van der Waals surface area contributed by atoms with Crippen molar-refractivity contribution >= 4 is 0 Å². The van der Waals surface area contributed by atoms with E-state index in [4.69, 9.17) is 21.9 Å². The van der Waals surface area contributed by atoms with Crippen LogP contribution in [0, 0.1) is 12.9 Å². The topological polar surface area (TPSA) is 53.5 Å². The molecule has 6 atom stereocenters. The van der Waals surface area contributed by atoms with Crippen LogP contribution in [0.1, 0.15) is 191 Å². The molecule has 6 nitrogen and oxygen atoms in total. The van der Waals surface area contributed by atoms with Crippen molar-refractivity contribution < 1.29 is 17.1 Å². The normalized spacial score (nSPS) is 15.1. The van der Waals surface area contributed by atoms with Crippen LogP contribution in [0.25, 0.3) is 0 Å². The summed E-state index contributed by atoms with van der Waals surface area (Å²) in [6.07, 6.45) is 10.2. The number of rotatable bonds is 16. The molecule has 3 aromatic heterocycles. The van der Waals surface area contributed by atoms with Gasteiger partial charge in [0.2, 0.25) is 0 Å². The molecule has 0 fully saturated rings. The van der Waals surface area contributed by atoms with E-state index in [0.29, 0.717) is 35.5 Å².